The molecule has 1 aromatic heterocycles. The van der Waals surface area contributed by atoms with Gasteiger partial charge in [0.25, 0.3) is 5.91 Å². The highest BCUT2D eigenvalue weighted by Crippen LogP contribution is 2.36. The Morgan fingerprint density at radius 1 is 1.03 bits per heavy atom. The van der Waals surface area contributed by atoms with Gasteiger partial charge in [0.05, 0.1) is 17.3 Å². The number of nitrogens with one attached hydrogen (secondary N) is 2. The number of hydrogen-bond donors (Lipinski definition) is 2. The number of benzene rings is 3. The van der Waals surface area contributed by atoms with Crippen LogP contribution in [0, 0.1) is 0 Å². The number of hydrogen-bond acceptors (Lipinski definition) is 6. The normalized spacial score (nSPS) is 10.9. The van der Waals surface area contributed by atoms with E-state index in [1.54, 1.807) is 36.4 Å². The standard InChI is InChI=1S/C26H22BrN3O5/c1-2-33-22-13-17(15-28-30-26(32)23-14-18-8-6-7-11-21(18)35-23)12-20(27)25(22)34-16-24(31)29-19-9-4-3-5-10-19/h3-15H,2,16H2,1H3,(H,29,31)(H,30,32)/b28-15+. The zero-order chi connectivity index (χ0) is 24.6. The van der Waals surface area contributed by atoms with Crippen LogP contribution in [-0.2, 0) is 4.79 Å². The molecule has 178 valence electrons. The van der Waals surface area contributed by atoms with Gasteiger partial charge >= 0.3 is 5.91 Å². The van der Waals surface area contributed by atoms with Crippen molar-refractivity contribution < 1.29 is 23.5 Å². The van der Waals surface area contributed by atoms with Gasteiger partial charge in [-0.15, -0.1) is 0 Å². The summed E-state index contributed by atoms with van der Waals surface area (Å²) in [5, 5.41) is 7.61. The molecule has 3 aromatic carbocycles. The highest BCUT2D eigenvalue weighted by atomic mass is 79.9. The van der Waals surface area contributed by atoms with Crippen molar-refractivity contribution in [3.05, 3.63) is 88.6 Å². The van der Waals surface area contributed by atoms with Crippen LogP contribution in [-0.4, -0.2) is 31.2 Å². The first-order valence-corrected chi connectivity index (χ1v) is 11.6. The molecular formula is C26H22BrN3O5. The minimum Gasteiger partial charge on any atom is -0.490 e. The number of nitrogens with zero attached hydrogens (tertiary/aromatic N) is 1. The summed E-state index contributed by atoms with van der Waals surface area (Å²) >= 11 is 3.46. The smallest absolute Gasteiger partial charge is 0.307 e. The number of carbonyl (C=O) groups is 2. The van der Waals surface area contributed by atoms with Crippen molar-refractivity contribution >= 4 is 50.6 Å². The first kappa shape index (κ1) is 24.0. The molecule has 0 radical (unpaired) electrons. The lowest BCUT2D eigenvalue weighted by molar-refractivity contribution is -0.118. The second-order valence-corrected chi connectivity index (χ2v) is 8.17. The van der Waals surface area contributed by atoms with Crippen LogP contribution in [0.3, 0.4) is 0 Å². The van der Waals surface area contributed by atoms with E-state index in [9.17, 15) is 9.59 Å². The predicted molar refractivity (Wildman–Crippen MR) is 137 cm³/mol. The molecular weight excluding hydrogens is 514 g/mol. The van der Waals surface area contributed by atoms with E-state index in [0.29, 0.717) is 39.4 Å². The van der Waals surface area contributed by atoms with Crippen molar-refractivity contribution in [2.24, 2.45) is 5.10 Å². The molecule has 0 saturated carbocycles. The van der Waals surface area contributed by atoms with E-state index in [1.165, 1.54) is 6.21 Å². The van der Waals surface area contributed by atoms with Crippen molar-refractivity contribution in [1.29, 1.82) is 0 Å². The summed E-state index contributed by atoms with van der Waals surface area (Å²) in [5.41, 5.74) is 4.41. The number of ether oxygens (including phenoxy) is 2. The third-order valence-electron chi connectivity index (χ3n) is 4.77. The van der Waals surface area contributed by atoms with Crippen LogP contribution in [0.25, 0.3) is 11.0 Å². The van der Waals surface area contributed by atoms with Gasteiger partial charge in [-0.3, -0.25) is 9.59 Å². The molecule has 1 heterocycles. The third-order valence-corrected chi connectivity index (χ3v) is 5.35. The average molecular weight is 536 g/mol. The monoisotopic (exact) mass is 535 g/mol. The lowest BCUT2D eigenvalue weighted by atomic mass is 10.2. The Morgan fingerprint density at radius 3 is 2.57 bits per heavy atom. The topological polar surface area (TPSA) is 102 Å². The maximum Gasteiger partial charge on any atom is 0.307 e. The Labute approximate surface area is 210 Å². The van der Waals surface area contributed by atoms with Gasteiger partial charge in [0.1, 0.15) is 5.58 Å². The van der Waals surface area contributed by atoms with Crippen molar-refractivity contribution in [3.63, 3.8) is 0 Å². The van der Waals surface area contributed by atoms with Crippen molar-refractivity contribution in [2.45, 2.75) is 6.92 Å². The summed E-state index contributed by atoms with van der Waals surface area (Å²) in [6.45, 7) is 2.03. The van der Waals surface area contributed by atoms with E-state index in [-0.39, 0.29) is 18.3 Å². The highest BCUT2D eigenvalue weighted by molar-refractivity contribution is 9.10. The Morgan fingerprint density at radius 2 is 1.80 bits per heavy atom. The number of anilines is 1. The van der Waals surface area contributed by atoms with E-state index in [2.05, 4.69) is 31.8 Å². The number of amides is 2. The summed E-state index contributed by atoms with van der Waals surface area (Å²) in [7, 11) is 0. The highest BCUT2D eigenvalue weighted by Gasteiger charge is 2.15. The van der Waals surface area contributed by atoms with Crippen LogP contribution in [0.4, 0.5) is 5.69 Å². The maximum atomic E-state index is 12.4. The van der Waals surface area contributed by atoms with E-state index < -0.39 is 5.91 Å². The number of fused-ring (bicyclic) bond motifs is 1. The quantitative estimate of drug-likeness (QED) is 0.221. The number of carbonyl (C=O) groups excluding carboxylic acids is 2. The van der Waals surface area contributed by atoms with Crippen LogP contribution in [0.5, 0.6) is 11.5 Å². The molecule has 0 bridgehead atoms. The molecule has 9 heteroatoms. The molecule has 0 unspecified atom stereocenters. The lowest BCUT2D eigenvalue weighted by Crippen LogP contribution is -2.20. The molecule has 2 N–H and O–H groups in total. The molecule has 0 fully saturated rings. The number of hydrazone groups is 1. The summed E-state index contributed by atoms with van der Waals surface area (Å²) in [6.07, 6.45) is 1.47. The zero-order valence-electron chi connectivity index (χ0n) is 18.8. The van der Waals surface area contributed by atoms with E-state index >= 15 is 0 Å². The predicted octanol–water partition coefficient (Wildman–Crippen LogP) is 5.38. The van der Waals surface area contributed by atoms with Crippen LogP contribution >= 0.6 is 15.9 Å². The maximum absolute atomic E-state index is 12.4. The minimum atomic E-state index is -0.467. The molecule has 2 amide bonds. The van der Waals surface area contributed by atoms with Crippen molar-refractivity contribution in [1.82, 2.24) is 5.43 Å². The van der Waals surface area contributed by atoms with E-state index in [0.717, 1.165) is 5.39 Å². The molecule has 0 saturated heterocycles. The summed E-state index contributed by atoms with van der Waals surface area (Å²) in [5.74, 6) is 0.213. The van der Waals surface area contributed by atoms with Gasteiger partial charge in [-0.25, -0.2) is 5.43 Å². The fraction of sp³-hybridized carbons (Fsp3) is 0.115. The first-order chi connectivity index (χ1) is 17.0. The Bertz CT molecular complexity index is 1340. The third kappa shape index (κ3) is 6.27. The fourth-order valence-corrected chi connectivity index (χ4v) is 3.81. The van der Waals surface area contributed by atoms with Gasteiger partial charge in [0.2, 0.25) is 0 Å². The first-order valence-electron chi connectivity index (χ1n) is 10.8. The van der Waals surface area contributed by atoms with Crippen LogP contribution in [0.1, 0.15) is 23.0 Å². The minimum absolute atomic E-state index is 0.164. The largest absolute Gasteiger partial charge is 0.490 e. The van der Waals surface area contributed by atoms with Crippen LogP contribution in [0.2, 0.25) is 0 Å². The summed E-state index contributed by atoms with van der Waals surface area (Å²) < 4.78 is 17.5. The van der Waals surface area contributed by atoms with Crippen LogP contribution < -0.4 is 20.2 Å². The van der Waals surface area contributed by atoms with Crippen LogP contribution in [0.15, 0.2) is 86.8 Å². The van der Waals surface area contributed by atoms with Crippen molar-refractivity contribution in [2.75, 3.05) is 18.5 Å². The van der Waals surface area contributed by atoms with Gasteiger partial charge < -0.3 is 19.2 Å². The average Bonchev–Trinajstić information content (AvgIpc) is 3.29. The second kappa shape index (κ2) is 11.3. The van der Waals surface area contributed by atoms with E-state index in [4.69, 9.17) is 13.9 Å². The number of furan rings is 1. The zero-order valence-corrected chi connectivity index (χ0v) is 20.4. The SMILES string of the molecule is CCOc1cc(/C=N/NC(=O)c2cc3ccccc3o2)cc(Br)c1OCC(=O)Nc1ccccc1. The van der Waals surface area contributed by atoms with E-state index in [1.807, 2.05) is 43.3 Å². The number of halogens is 1. The second-order valence-electron chi connectivity index (χ2n) is 7.31. The van der Waals surface area contributed by atoms with Gasteiger partial charge in [0.15, 0.2) is 23.9 Å². The van der Waals surface area contributed by atoms with Gasteiger partial charge in [-0.05, 0) is 64.8 Å². The molecule has 4 aromatic rings. The lowest BCUT2D eigenvalue weighted by Gasteiger charge is -2.14. The Hall–Kier alpha value is -4.11. The number of rotatable bonds is 9. The molecule has 0 aliphatic heterocycles. The summed E-state index contributed by atoms with van der Waals surface area (Å²) in [6, 6.07) is 21.6. The van der Waals surface area contributed by atoms with Gasteiger partial charge in [-0.1, -0.05) is 36.4 Å². The van der Waals surface area contributed by atoms with Gasteiger partial charge in [0, 0.05) is 11.1 Å². The molecule has 0 atom stereocenters. The number of para-hydroxylation sites is 2. The van der Waals surface area contributed by atoms with Gasteiger partial charge in [-0.2, -0.15) is 5.10 Å². The Balaban J connectivity index is 1.41. The molecule has 0 aliphatic rings. The molecule has 35 heavy (non-hydrogen) atoms. The fourth-order valence-electron chi connectivity index (χ4n) is 3.24. The molecule has 8 nitrogen and oxygen atoms in total. The Kier molecular flexibility index (Phi) is 7.79. The van der Waals surface area contributed by atoms with Crippen molar-refractivity contribution in [3.8, 4) is 11.5 Å². The summed E-state index contributed by atoms with van der Waals surface area (Å²) in [4.78, 5) is 24.6. The molecule has 0 spiro atoms. The molecule has 4 rings (SSSR count). The molecule has 0 aliphatic carbocycles.